The predicted molar refractivity (Wildman–Crippen MR) is 77.1 cm³/mol. The highest BCUT2D eigenvalue weighted by Crippen LogP contribution is 2.11. The van der Waals surface area contributed by atoms with Gasteiger partial charge in [0.25, 0.3) is 5.56 Å². The van der Waals surface area contributed by atoms with E-state index >= 15 is 0 Å². The second kappa shape index (κ2) is 6.25. The summed E-state index contributed by atoms with van der Waals surface area (Å²) in [6.07, 6.45) is 2.50. The Morgan fingerprint density at radius 2 is 2.19 bits per heavy atom. The van der Waals surface area contributed by atoms with Gasteiger partial charge in [0.05, 0.1) is 0 Å². The van der Waals surface area contributed by atoms with E-state index in [0.717, 1.165) is 11.0 Å². The maximum absolute atomic E-state index is 12.1. The Hall–Kier alpha value is -2.58. The van der Waals surface area contributed by atoms with E-state index in [0.29, 0.717) is 25.4 Å². The van der Waals surface area contributed by atoms with Crippen molar-refractivity contribution in [2.24, 2.45) is 7.05 Å². The fourth-order valence-corrected chi connectivity index (χ4v) is 1.99. The number of nitrogens with two attached hydrogens (primary N) is 1. The van der Waals surface area contributed by atoms with Crippen LogP contribution in [-0.2, 0) is 20.0 Å². The summed E-state index contributed by atoms with van der Waals surface area (Å²) in [5.41, 5.74) is 5.28. The van der Waals surface area contributed by atoms with Crippen molar-refractivity contribution < 1.29 is 4.52 Å². The molecule has 0 bridgehead atoms. The van der Waals surface area contributed by atoms with Crippen molar-refractivity contribution in [1.29, 1.82) is 0 Å². The molecule has 0 aromatic carbocycles. The lowest BCUT2D eigenvalue weighted by atomic mass is 10.3. The Kier molecular flexibility index (Phi) is 4.41. The maximum atomic E-state index is 12.1. The third-order valence-electron chi connectivity index (χ3n) is 3.08. The summed E-state index contributed by atoms with van der Waals surface area (Å²) in [4.78, 5) is 28.0. The quantitative estimate of drug-likeness (QED) is 0.741. The van der Waals surface area contributed by atoms with Crippen LogP contribution < -0.4 is 22.3 Å². The third kappa shape index (κ3) is 2.96. The van der Waals surface area contributed by atoms with Crippen LogP contribution in [0.25, 0.3) is 0 Å². The van der Waals surface area contributed by atoms with Gasteiger partial charge in [-0.25, -0.2) is 4.79 Å². The number of nitrogens with one attached hydrogen (secondary N) is 1. The van der Waals surface area contributed by atoms with E-state index in [9.17, 15) is 9.59 Å². The molecule has 0 spiro atoms. The van der Waals surface area contributed by atoms with Gasteiger partial charge in [0.2, 0.25) is 5.89 Å². The van der Waals surface area contributed by atoms with Gasteiger partial charge in [-0.15, -0.1) is 0 Å². The molecule has 9 heteroatoms. The number of nitrogen functional groups attached to an aromatic ring is 1. The van der Waals surface area contributed by atoms with Gasteiger partial charge in [-0.05, 0) is 6.42 Å². The summed E-state index contributed by atoms with van der Waals surface area (Å²) in [5.74, 6) is 0.607. The molecule has 0 radical (unpaired) electrons. The minimum absolute atomic E-state index is 0.149. The molecular weight excluding hydrogens is 276 g/mol. The van der Waals surface area contributed by atoms with Gasteiger partial charge in [-0.3, -0.25) is 13.9 Å². The molecule has 9 nitrogen and oxygen atoms in total. The monoisotopic (exact) mass is 294 g/mol. The smallest absolute Gasteiger partial charge is 0.332 e. The first kappa shape index (κ1) is 14.8. The van der Waals surface area contributed by atoms with Crippen LogP contribution in [0.2, 0.25) is 0 Å². The summed E-state index contributed by atoms with van der Waals surface area (Å²) in [6, 6.07) is 0. The third-order valence-corrected chi connectivity index (χ3v) is 3.08. The zero-order valence-corrected chi connectivity index (χ0v) is 12.0. The van der Waals surface area contributed by atoms with Gasteiger partial charge in [-0.2, -0.15) is 4.98 Å². The molecule has 0 saturated carbocycles. The molecular formula is C12H18N6O3. The van der Waals surface area contributed by atoms with Crippen LogP contribution in [-0.4, -0.2) is 25.8 Å². The second-order valence-corrected chi connectivity index (χ2v) is 4.57. The number of anilines is 2. The topological polar surface area (TPSA) is 121 Å². The minimum atomic E-state index is -0.449. The Morgan fingerprint density at radius 1 is 1.43 bits per heavy atom. The first-order valence-electron chi connectivity index (χ1n) is 6.65. The molecule has 0 aliphatic carbocycles. The van der Waals surface area contributed by atoms with E-state index in [2.05, 4.69) is 15.5 Å². The predicted octanol–water partition coefficient (Wildman–Crippen LogP) is -0.423. The van der Waals surface area contributed by atoms with Crippen LogP contribution in [0.3, 0.4) is 0 Å². The number of hydrogen-bond acceptors (Lipinski definition) is 7. The van der Waals surface area contributed by atoms with Gasteiger partial charge in [-0.1, -0.05) is 12.1 Å². The van der Waals surface area contributed by atoms with Crippen LogP contribution in [0.15, 0.2) is 20.4 Å². The van der Waals surface area contributed by atoms with E-state index in [1.807, 2.05) is 6.92 Å². The van der Waals surface area contributed by atoms with E-state index in [4.69, 9.17) is 10.3 Å². The van der Waals surface area contributed by atoms with Crippen LogP contribution in [0, 0.1) is 0 Å². The van der Waals surface area contributed by atoms with Gasteiger partial charge in [0, 0.05) is 26.6 Å². The Labute approximate surface area is 120 Å². The Balaban J connectivity index is 2.26. The maximum Gasteiger partial charge on any atom is 0.332 e. The Morgan fingerprint density at radius 3 is 2.81 bits per heavy atom. The molecule has 3 N–H and O–H groups in total. The van der Waals surface area contributed by atoms with Crippen molar-refractivity contribution in [3.8, 4) is 0 Å². The Bertz CT molecular complexity index is 716. The molecule has 114 valence electrons. The first-order valence-corrected chi connectivity index (χ1v) is 6.65. The molecule has 0 unspecified atom stereocenters. The van der Waals surface area contributed by atoms with E-state index in [1.54, 1.807) is 0 Å². The highest BCUT2D eigenvalue weighted by Gasteiger charge is 2.14. The largest absolute Gasteiger partial charge is 0.383 e. The number of aromatic nitrogens is 4. The fraction of sp³-hybridized carbons (Fsp3) is 0.500. The van der Waals surface area contributed by atoms with Crippen molar-refractivity contribution in [1.82, 2.24) is 19.3 Å². The van der Waals surface area contributed by atoms with Gasteiger partial charge < -0.3 is 15.6 Å². The van der Waals surface area contributed by atoms with Gasteiger partial charge in [0.15, 0.2) is 6.33 Å². The van der Waals surface area contributed by atoms with Crippen molar-refractivity contribution in [3.63, 3.8) is 0 Å². The van der Waals surface area contributed by atoms with Crippen LogP contribution in [0.4, 0.5) is 11.5 Å². The van der Waals surface area contributed by atoms with Crippen LogP contribution >= 0.6 is 0 Å². The molecule has 0 amide bonds. The van der Waals surface area contributed by atoms with Crippen molar-refractivity contribution in [3.05, 3.63) is 33.1 Å². The normalized spacial score (nSPS) is 10.8. The van der Waals surface area contributed by atoms with E-state index in [-0.39, 0.29) is 11.5 Å². The average Bonchev–Trinajstić information content (AvgIpc) is 2.98. The average molecular weight is 294 g/mol. The molecule has 2 aromatic heterocycles. The number of rotatable bonds is 6. The zero-order valence-electron chi connectivity index (χ0n) is 12.0. The minimum Gasteiger partial charge on any atom is -0.383 e. The standard InChI is InChI=1S/C12H18N6O3/c1-3-6-18-10(13)9(11(19)17(2)12(18)20)14-5-4-8-15-7-16-21-8/h7,14H,3-6,13H2,1-2H3. The molecule has 0 fully saturated rings. The molecule has 2 rings (SSSR count). The molecule has 0 atom stereocenters. The fourth-order valence-electron chi connectivity index (χ4n) is 1.99. The van der Waals surface area contributed by atoms with Crippen molar-refractivity contribution >= 4 is 11.5 Å². The first-order chi connectivity index (χ1) is 10.1. The lowest BCUT2D eigenvalue weighted by molar-refractivity contribution is 0.379. The number of nitrogens with zero attached hydrogens (tertiary/aromatic N) is 4. The van der Waals surface area contributed by atoms with Crippen LogP contribution in [0.5, 0.6) is 0 Å². The van der Waals surface area contributed by atoms with Crippen molar-refractivity contribution in [2.45, 2.75) is 26.3 Å². The van der Waals surface area contributed by atoms with Crippen molar-refractivity contribution in [2.75, 3.05) is 17.6 Å². The van der Waals surface area contributed by atoms with Gasteiger partial charge in [0.1, 0.15) is 11.5 Å². The second-order valence-electron chi connectivity index (χ2n) is 4.57. The SMILES string of the molecule is CCCn1c(N)c(NCCc2ncno2)c(=O)n(C)c1=O. The highest BCUT2D eigenvalue weighted by molar-refractivity contribution is 5.60. The lowest BCUT2D eigenvalue weighted by Gasteiger charge is -2.15. The molecule has 2 aromatic rings. The van der Waals surface area contributed by atoms with E-state index in [1.165, 1.54) is 17.9 Å². The zero-order chi connectivity index (χ0) is 15.4. The molecule has 0 saturated heterocycles. The van der Waals surface area contributed by atoms with Crippen LogP contribution in [0.1, 0.15) is 19.2 Å². The summed E-state index contributed by atoms with van der Waals surface area (Å²) in [5, 5.41) is 6.44. The summed E-state index contributed by atoms with van der Waals surface area (Å²) >= 11 is 0. The number of hydrogen-bond donors (Lipinski definition) is 2. The van der Waals surface area contributed by atoms with E-state index < -0.39 is 11.2 Å². The molecule has 21 heavy (non-hydrogen) atoms. The lowest BCUT2D eigenvalue weighted by Crippen LogP contribution is -2.41. The summed E-state index contributed by atoms with van der Waals surface area (Å²) in [7, 11) is 1.43. The summed E-state index contributed by atoms with van der Waals surface area (Å²) in [6.45, 7) is 2.78. The molecule has 0 aliphatic rings. The molecule has 2 heterocycles. The highest BCUT2D eigenvalue weighted by atomic mass is 16.5. The van der Waals surface area contributed by atoms with Gasteiger partial charge >= 0.3 is 5.69 Å². The summed E-state index contributed by atoms with van der Waals surface area (Å²) < 4.78 is 7.29. The molecule has 0 aliphatic heterocycles.